The van der Waals surface area contributed by atoms with Crippen molar-refractivity contribution in [2.24, 2.45) is 5.10 Å². The van der Waals surface area contributed by atoms with E-state index in [0.717, 1.165) is 5.56 Å². The molecule has 2 amide bonds. The molecule has 0 saturated heterocycles. The standard InChI is InChI=1S/C22H17N3O4/c26-20(25-23-14-15-6-2-1-3-7-15)16-10-12-17(13-11-16)24-21(27)18-8-4-5-9-19(18)22(28)29/h1-14H,(H,24,27)(H,25,26)(H,28,29)/b23-14+. The molecule has 0 radical (unpaired) electrons. The fourth-order valence-corrected chi connectivity index (χ4v) is 2.54. The van der Waals surface area contributed by atoms with E-state index in [9.17, 15) is 19.5 Å². The molecule has 7 nitrogen and oxygen atoms in total. The first-order valence-corrected chi connectivity index (χ1v) is 8.67. The maximum atomic E-state index is 12.4. The van der Waals surface area contributed by atoms with Gasteiger partial charge in [0.15, 0.2) is 0 Å². The Morgan fingerprint density at radius 3 is 2.03 bits per heavy atom. The minimum atomic E-state index is -1.18. The molecule has 0 bridgehead atoms. The fourth-order valence-electron chi connectivity index (χ4n) is 2.54. The second-order valence-corrected chi connectivity index (χ2v) is 5.99. The van der Waals surface area contributed by atoms with Gasteiger partial charge >= 0.3 is 5.97 Å². The number of hydrogen-bond acceptors (Lipinski definition) is 4. The summed E-state index contributed by atoms with van der Waals surface area (Å²) in [4.78, 5) is 35.7. The van der Waals surface area contributed by atoms with Gasteiger partial charge in [0, 0.05) is 11.3 Å². The van der Waals surface area contributed by atoms with Gasteiger partial charge in [0.05, 0.1) is 17.3 Å². The molecule has 0 fully saturated rings. The largest absolute Gasteiger partial charge is 0.478 e. The quantitative estimate of drug-likeness (QED) is 0.445. The molecule has 0 unspecified atom stereocenters. The molecule has 0 aliphatic heterocycles. The summed E-state index contributed by atoms with van der Waals surface area (Å²) < 4.78 is 0. The highest BCUT2D eigenvalue weighted by Crippen LogP contribution is 2.14. The van der Waals surface area contributed by atoms with Crippen LogP contribution in [-0.2, 0) is 0 Å². The summed E-state index contributed by atoms with van der Waals surface area (Å²) in [6.45, 7) is 0. The number of carbonyl (C=O) groups excluding carboxylic acids is 2. The van der Waals surface area contributed by atoms with Gasteiger partial charge in [-0.2, -0.15) is 5.10 Å². The summed E-state index contributed by atoms with van der Waals surface area (Å²) in [6.07, 6.45) is 1.53. The van der Waals surface area contributed by atoms with Gasteiger partial charge in [-0.05, 0) is 42.0 Å². The van der Waals surface area contributed by atoms with Gasteiger partial charge in [0.2, 0.25) is 0 Å². The van der Waals surface area contributed by atoms with Gasteiger partial charge in [0.25, 0.3) is 11.8 Å². The Kier molecular flexibility index (Phi) is 6.12. The first-order valence-electron chi connectivity index (χ1n) is 8.67. The molecule has 3 rings (SSSR count). The zero-order chi connectivity index (χ0) is 20.6. The normalized spacial score (nSPS) is 10.5. The summed E-state index contributed by atoms with van der Waals surface area (Å²) in [5, 5.41) is 15.7. The Balaban J connectivity index is 1.63. The molecule has 7 heteroatoms. The molecule has 3 aromatic rings. The Morgan fingerprint density at radius 1 is 0.759 bits per heavy atom. The molecule has 0 atom stereocenters. The van der Waals surface area contributed by atoms with Crippen LogP contribution in [0.3, 0.4) is 0 Å². The molecular formula is C22H17N3O4. The van der Waals surface area contributed by atoms with Crippen LogP contribution in [0.25, 0.3) is 0 Å². The van der Waals surface area contributed by atoms with Gasteiger partial charge in [-0.1, -0.05) is 42.5 Å². The highest BCUT2D eigenvalue weighted by molar-refractivity contribution is 6.10. The minimum Gasteiger partial charge on any atom is -0.478 e. The lowest BCUT2D eigenvalue weighted by molar-refractivity contribution is 0.0692. The van der Waals surface area contributed by atoms with Crippen molar-refractivity contribution < 1.29 is 19.5 Å². The summed E-state index contributed by atoms with van der Waals surface area (Å²) in [5.74, 6) is -2.13. The summed E-state index contributed by atoms with van der Waals surface area (Å²) in [7, 11) is 0. The zero-order valence-electron chi connectivity index (χ0n) is 15.2. The van der Waals surface area contributed by atoms with Gasteiger partial charge in [-0.3, -0.25) is 9.59 Å². The number of nitrogens with zero attached hydrogens (tertiary/aromatic N) is 1. The first-order chi connectivity index (χ1) is 14.0. The van der Waals surface area contributed by atoms with Crippen molar-refractivity contribution in [2.45, 2.75) is 0 Å². The molecule has 0 saturated carbocycles. The second-order valence-electron chi connectivity index (χ2n) is 5.99. The topological polar surface area (TPSA) is 108 Å². The molecule has 3 N–H and O–H groups in total. The van der Waals surface area contributed by atoms with Crippen LogP contribution in [0.4, 0.5) is 5.69 Å². The maximum absolute atomic E-state index is 12.4. The van der Waals surface area contributed by atoms with Crippen LogP contribution in [0, 0.1) is 0 Å². The van der Waals surface area contributed by atoms with Crippen molar-refractivity contribution in [1.29, 1.82) is 0 Å². The third-order valence-corrected chi connectivity index (χ3v) is 3.99. The number of benzene rings is 3. The predicted octanol–water partition coefficient (Wildman–Crippen LogP) is 3.40. The van der Waals surface area contributed by atoms with E-state index in [2.05, 4.69) is 15.8 Å². The van der Waals surface area contributed by atoms with E-state index in [1.165, 1.54) is 30.5 Å². The number of hydrogen-bond donors (Lipinski definition) is 3. The van der Waals surface area contributed by atoms with Crippen LogP contribution >= 0.6 is 0 Å². The average Bonchev–Trinajstić information content (AvgIpc) is 2.75. The number of hydrazone groups is 1. The lowest BCUT2D eigenvalue weighted by Gasteiger charge is -2.08. The number of carboxylic acids is 1. The number of nitrogens with one attached hydrogen (secondary N) is 2. The second kappa shape index (κ2) is 9.09. The number of amides is 2. The maximum Gasteiger partial charge on any atom is 0.336 e. The Hall–Kier alpha value is -4.26. The van der Waals surface area contributed by atoms with Gasteiger partial charge < -0.3 is 10.4 Å². The highest BCUT2D eigenvalue weighted by Gasteiger charge is 2.16. The third kappa shape index (κ3) is 5.14. The van der Waals surface area contributed by atoms with Crippen molar-refractivity contribution in [2.75, 3.05) is 5.32 Å². The lowest BCUT2D eigenvalue weighted by Crippen LogP contribution is -2.18. The number of anilines is 1. The summed E-state index contributed by atoms with van der Waals surface area (Å²) in [5.41, 5.74) is 4.04. The monoisotopic (exact) mass is 387 g/mol. The smallest absolute Gasteiger partial charge is 0.336 e. The molecular weight excluding hydrogens is 370 g/mol. The predicted molar refractivity (Wildman–Crippen MR) is 109 cm³/mol. The average molecular weight is 387 g/mol. The third-order valence-electron chi connectivity index (χ3n) is 3.99. The Morgan fingerprint density at radius 2 is 1.38 bits per heavy atom. The van der Waals surface area contributed by atoms with E-state index >= 15 is 0 Å². The number of aromatic carboxylic acids is 1. The van der Waals surface area contributed by atoms with Crippen molar-refractivity contribution in [1.82, 2.24) is 5.43 Å². The van der Waals surface area contributed by atoms with Gasteiger partial charge in [-0.25, -0.2) is 10.2 Å². The van der Waals surface area contributed by atoms with Gasteiger partial charge in [-0.15, -0.1) is 0 Å². The molecule has 3 aromatic carbocycles. The van der Waals surface area contributed by atoms with E-state index in [1.807, 2.05) is 30.3 Å². The van der Waals surface area contributed by atoms with Crippen molar-refractivity contribution >= 4 is 29.7 Å². The van der Waals surface area contributed by atoms with Crippen molar-refractivity contribution in [3.8, 4) is 0 Å². The Labute approximate surface area is 166 Å². The summed E-state index contributed by atoms with van der Waals surface area (Å²) >= 11 is 0. The number of carboxylic acid groups (broad SMARTS) is 1. The molecule has 0 spiro atoms. The SMILES string of the molecule is O=C(N/N=C/c1ccccc1)c1ccc(NC(=O)c2ccccc2C(=O)O)cc1. The van der Waals surface area contributed by atoms with Crippen LogP contribution in [0.15, 0.2) is 84.0 Å². The van der Waals surface area contributed by atoms with Crippen LogP contribution in [-0.4, -0.2) is 29.1 Å². The summed E-state index contributed by atoms with van der Waals surface area (Å²) in [6, 6.07) is 21.4. The van der Waals surface area contributed by atoms with Crippen molar-refractivity contribution in [3.05, 3.63) is 101 Å². The Bertz CT molecular complexity index is 1060. The number of rotatable bonds is 6. The van der Waals surface area contributed by atoms with Crippen LogP contribution < -0.4 is 10.7 Å². The molecule has 29 heavy (non-hydrogen) atoms. The zero-order valence-corrected chi connectivity index (χ0v) is 15.2. The van der Waals surface area contributed by atoms with E-state index in [4.69, 9.17) is 0 Å². The van der Waals surface area contributed by atoms with Gasteiger partial charge in [0.1, 0.15) is 0 Å². The van der Waals surface area contributed by atoms with E-state index < -0.39 is 17.8 Å². The highest BCUT2D eigenvalue weighted by atomic mass is 16.4. The van der Waals surface area contributed by atoms with E-state index in [0.29, 0.717) is 11.3 Å². The molecule has 0 aliphatic carbocycles. The van der Waals surface area contributed by atoms with Crippen LogP contribution in [0.1, 0.15) is 36.6 Å². The lowest BCUT2D eigenvalue weighted by atomic mass is 10.1. The molecule has 0 heterocycles. The van der Waals surface area contributed by atoms with Crippen LogP contribution in [0.5, 0.6) is 0 Å². The minimum absolute atomic E-state index is 0.0528. The van der Waals surface area contributed by atoms with Crippen molar-refractivity contribution in [3.63, 3.8) is 0 Å². The molecule has 144 valence electrons. The first kappa shape index (κ1) is 19.5. The van der Waals surface area contributed by atoms with Crippen LogP contribution in [0.2, 0.25) is 0 Å². The molecule has 0 aromatic heterocycles. The van der Waals surface area contributed by atoms with E-state index in [-0.39, 0.29) is 11.1 Å². The molecule has 0 aliphatic rings. The number of carbonyl (C=O) groups is 3. The fraction of sp³-hybridized carbons (Fsp3) is 0. The van der Waals surface area contributed by atoms with E-state index in [1.54, 1.807) is 24.3 Å².